The fourth-order valence-electron chi connectivity index (χ4n) is 1.12. The van der Waals surface area contributed by atoms with E-state index in [1.165, 1.54) is 23.5 Å². The number of benzene rings is 1. The van der Waals surface area contributed by atoms with Crippen LogP contribution in [0, 0.1) is 9.77 Å². The third kappa shape index (κ3) is 1.94. The van der Waals surface area contributed by atoms with Crippen LogP contribution in [-0.4, -0.2) is 4.98 Å². The molecule has 0 aliphatic rings. The van der Waals surface area contributed by atoms with Crippen molar-refractivity contribution in [3.63, 3.8) is 0 Å². The first-order valence-electron chi connectivity index (χ1n) is 3.80. The predicted molar refractivity (Wildman–Crippen MR) is 62.6 cm³/mol. The lowest BCUT2D eigenvalue weighted by molar-refractivity contribution is 0.627. The highest BCUT2D eigenvalue weighted by Gasteiger charge is 2.05. The molecule has 72 valence electrons. The fraction of sp³-hybridized carbons (Fsp3) is 0. The molecule has 0 spiro atoms. The molecule has 5 heteroatoms. The number of nitrogens with one attached hydrogen (secondary N) is 1. The van der Waals surface area contributed by atoms with Crippen LogP contribution in [0.15, 0.2) is 28.1 Å². The smallest absolute Gasteiger partial charge is 0.158 e. The van der Waals surface area contributed by atoms with Crippen molar-refractivity contribution in [2.45, 2.75) is 0 Å². The number of hydrogen-bond donors (Lipinski definition) is 1. The Labute approximate surface area is 97.7 Å². The summed E-state index contributed by atoms with van der Waals surface area (Å²) < 4.78 is 14.3. The summed E-state index contributed by atoms with van der Waals surface area (Å²) in [4.78, 5) is 3.03. The van der Waals surface area contributed by atoms with E-state index in [2.05, 4.69) is 20.9 Å². The minimum atomic E-state index is -0.255. The largest absolute Gasteiger partial charge is 0.337 e. The van der Waals surface area contributed by atoms with Gasteiger partial charge in [-0.3, -0.25) is 0 Å². The van der Waals surface area contributed by atoms with Crippen LogP contribution in [0.5, 0.6) is 0 Å². The van der Waals surface area contributed by atoms with Gasteiger partial charge >= 0.3 is 0 Å². The number of H-pyrrole nitrogens is 1. The van der Waals surface area contributed by atoms with Crippen molar-refractivity contribution in [2.24, 2.45) is 0 Å². The lowest BCUT2D eigenvalue weighted by Gasteiger charge is -2.00. The molecule has 1 nitrogen and oxygen atoms in total. The summed E-state index contributed by atoms with van der Waals surface area (Å²) in [6, 6.07) is 4.57. The van der Waals surface area contributed by atoms with E-state index in [9.17, 15) is 4.39 Å². The summed E-state index contributed by atoms with van der Waals surface area (Å²) in [5, 5.41) is 1.92. The summed E-state index contributed by atoms with van der Waals surface area (Å²) >= 11 is 9.74. The minimum absolute atomic E-state index is 0.255. The molecule has 14 heavy (non-hydrogen) atoms. The molecule has 1 aromatic heterocycles. The monoisotopic (exact) mass is 289 g/mol. The van der Waals surface area contributed by atoms with Gasteiger partial charge in [0, 0.05) is 15.4 Å². The maximum Gasteiger partial charge on any atom is 0.158 e. The van der Waals surface area contributed by atoms with Crippen LogP contribution in [0.25, 0.3) is 11.3 Å². The highest BCUT2D eigenvalue weighted by molar-refractivity contribution is 9.10. The van der Waals surface area contributed by atoms with Crippen molar-refractivity contribution < 1.29 is 4.39 Å². The molecule has 0 atom stereocenters. The van der Waals surface area contributed by atoms with Crippen molar-refractivity contribution in [3.05, 3.63) is 37.8 Å². The molecule has 2 aromatic rings. The highest BCUT2D eigenvalue weighted by Crippen LogP contribution is 2.28. The Balaban J connectivity index is 2.57. The third-order valence-electron chi connectivity index (χ3n) is 1.74. The van der Waals surface area contributed by atoms with Gasteiger partial charge in [0.1, 0.15) is 5.82 Å². The lowest BCUT2D eigenvalue weighted by Crippen LogP contribution is -1.81. The predicted octanol–water partition coefficient (Wildman–Crippen LogP) is 4.37. The molecule has 0 aliphatic carbocycles. The Kier molecular flexibility index (Phi) is 2.80. The maximum atomic E-state index is 12.8. The van der Waals surface area contributed by atoms with Crippen LogP contribution in [0.2, 0.25) is 0 Å². The average Bonchev–Trinajstić information content (AvgIpc) is 2.51. The van der Waals surface area contributed by atoms with Crippen LogP contribution in [-0.2, 0) is 0 Å². The summed E-state index contributed by atoms with van der Waals surface area (Å²) in [6.45, 7) is 0. The van der Waals surface area contributed by atoms with E-state index in [4.69, 9.17) is 12.2 Å². The molecule has 2 rings (SSSR count). The molecule has 1 heterocycles. The Morgan fingerprint density at radius 1 is 1.43 bits per heavy atom. The van der Waals surface area contributed by atoms with E-state index in [1.54, 1.807) is 6.07 Å². The van der Waals surface area contributed by atoms with Gasteiger partial charge in [0.2, 0.25) is 0 Å². The summed E-state index contributed by atoms with van der Waals surface area (Å²) in [5.74, 6) is -0.255. The molecule has 0 fully saturated rings. The van der Waals surface area contributed by atoms with Crippen LogP contribution < -0.4 is 0 Å². The van der Waals surface area contributed by atoms with Gasteiger partial charge in [-0.15, -0.1) is 11.3 Å². The van der Waals surface area contributed by atoms with E-state index in [0.717, 1.165) is 19.7 Å². The zero-order valence-corrected chi connectivity index (χ0v) is 10.1. The molecular formula is C9H5BrFNS2. The number of thiazole rings is 1. The molecule has 0 radical (unpaired) electrons. The van der Waals surface area contributed by atoms with Gasteiger partial charge in [0.25, 0.3) is 0 Å². The van der Waals surface area contributed by atoms with Crippen LogP contribution in [0.4, 0.5) is 4.39 Å². The molecule has 0 bridgehead atoms. The van der Waals surface area contributed by atoms with Crippen LogP contribution >= 0.6 is 39.5 Å². The molecule has 1 N–H and O–H groups in total. The normalized spacial score (nSPS) is 10.4. The quantitative estimate of drug-likeness (QED) is 0.771. The second-order valence-electron chi connectivity index (χ2n) is 2.69. The summed E-state index contributed by atoms with van der Waals surface area (Å²) in [7, 11) is 0. The Bertz CT molecular complexity index is 518. The Morgan fingerprint density at radius 2 is 2.21 bits per heavy atom. The van der Waals surface area contributed by atoms with Gasteiger partial charge in [-0.2, -0.15) is 0 Å². The van der Waals surface area contributed by atoms with Gasteiger partial charge in [-0.1, -0.05) is 0 Å². The minimum Gasteiger partial charge on any atom is -0.337 e. The zero-order valence-electron chi connectivity index (χ0n) is 6.88. The van der Waals surface area contributed by atoms with Gasteiger partial charge in [0.15, 0.2) is 3.95 Å². The standard InChI is InChI=1S/C9H5BrFNS2/c10-7-3-5(11)1-2-6(7)8-4-14-9(13)12-8/h1-4H,(H,12,13). The van der Waals surface area contributed by atoms with Crippen LogP contribution in [0.1, 0.15) is 0 Å². The number of halogens is 2. The van der Waals surface area contributed by atoms with E-state index < -0.39 is 0 Å². The van der Waals surface area contributed by atoms with Gasteiger partial charge in [-0.05, 0) is 46.3 Å². The molecule has 0 unspecified atom stereocenters. The van der Waals surface area contributed by atoms with Crippen LogP contribution in [0.3, 0.4) is 0 Å². The molecular weight excluding hydrogens is 285 g/mol. The maximum absolute atomic E-state index is 12.8. The lowest BCUT2D eigenvalue weighted by atomic mass is 10.2. The van der Waals surface area contributed by atoms with Gasteiger partial charge < -0.3 is 4.98 Å². The van der Waals surface area contributed by atoms with Gasteiger partial charge in [0.05, 0.1) is 5.69 Å². The highest BCUT2D eigenvalue weighted by atomic mass is 79.9. The Morgan fingerprint density at radius 3 is 2.79 bits per heavy atom. The van der Waals surface area contributed by atoms with Crippen molar-refractivity contribution in [3.8, 4) is 11.3 Å². The topological polar surface area (TPSA) is 15.8 Å². The Hall–Kier alpha value is -0.520. The number of aromatic amines is 1. The van der Waals surface area contributed by atoms with E-state index in [0.29, 0.717) is 0 Å². The second-order valence-corrected chi connectivity index (χ2v) is 5.09. The third-order valence-corrected chi connectivity index (χ3v) is 3.46. The number of aromatic nitrogens is 1. The molecule has 1 aromatic carbocycles. The van der Waals surface area contributed by atoms with E-state index in [1.807, 2.05) is 5.38 Å². The zero-order chi connectivity index (χ0) is 10.1. The summed E-state index contributed by atoms with van der Waals surface area (Å²) in [6.07, 6.45) is 0. The van der Waals surface area contributed by atoms with Crippen molar-refractivity contribution in [1.29, 1.82) is 0 Å². The summed E-state index contributed by atoms with van der Waals surface area (Å²) in [5.41, 5.74) is 1.82. The number of hydrogen-bond acceptors (Lipinski definition) is 2. The molecule has 0 saturated carbocycles. The SMILES string of the molecule is Fc1ccc(-c2csc(=S)[nH]2)c(Br)c1. The average molecular weight is 290 g/mol. The van der Waals surface area contributed by atoms with Crippen molar-refractivity contribution in [2.75, 3.05) is 0 Å². The van der Waals surface area contributed by atoms with E-state index >= 15 is 0 Å². The van der Waals surface area contributed by atoms with Crippen molar-refractivity contribution >= 4 is 39.5 Å². The molecule has 0 saturated heterocycles. The van der Waals surface area contributed by atoms with Gasteiger partial charge in [-0.25, -0.2) is 4.39 Å². The number of rotatable bonds is 1. The molecule has 0 amide bonds. The van der Waals surface area contributed by atoms with E-state index in [-0.39, 0.29) is 5.82 Å². The molecule has 0 aliphatic heterocycles. The second kappa shape index (κ2) is 3.92. The first kappa shape index (κ1) is 10.0. The first-order valence-corrected chi connectivity index (χ1v) is 5.88. The first-order chi connectivity index (χ1) is 6.66. The van der Waals surface area contributed by atoms with Crippen molar-refractivity contribution in [1.82, 2.24) is 4.98 Å². The fourth-order valence-corrected chi connectivity index (χ4v) is 2.52.